The van der Waals surface area contributed by atoms with Crippen molar-refractivity contribution in [2.24, 2.45) is 0 Å². The van der Waals surface area contributed by atoms with E-state index in [1.54, 1.807) is 18.3 Å². The van der Waals surface area contributed by atoms with E-state index in [9.17, 15) is 10.1 Å². The Balaban J connectivity index is 1.72. The number of fused-ring (bicyclic) bond motifs is 1. The molecule has 0 unspecified atom stereocenters. The smallest absolute Gasteiger partial charge is 0.269 e. The van der Waals surface area contributed by atoms with Crippen LogP contribution in [-0.2, 0) is 12.8 Å². The molecule has 21 heavy (non-hydrogen) atoms. The fourth-order valence-corrected chi connectivity index (χ4v) is 2.42. The maximum Gasteiger partial charge on any atom is 0.269 e. The van der Waals surface area contributed by atoms with Crippen molar-refractivity contribution in [3.8, 4) is 0 Å². The second-order valence-electron chi connectivity index (χ2n) is 4.63. The Hall–Kier alpha value is -2.28. The van der Waals surface area contributed by atoms with Gasteiger partial charge in [0.1, 0.15) is 5.82 Å². The van der Waals surface area contributed by atoms with Gasteiger partial charge in [-0.25, -0.2) is 9.97 Å². The molecule has 3 aromatic rings. The highest BCUT2D eigenvalue weighted by atomic mass is 79.9. The molecule has 2 aromatic heterocycles. The summed E-state index contributed by atoms with van der Waals surface area (Å²) in [7, 11) is 0. The van der Waals surface area contributed by atoms with E-state index in [4.69, 9.17) is 0 Å². The predicted octanol–water partition coefficient (Wildman–Crippen LogP) is 3.41. The van der Waals surface area contributed by atoms with E-state index in [-0.39, 0.29) is 5.69 Å². The van der Waals surface area contributed by atoms with E-state index in [0.717, 1.165) is 34.2 Å². The number of nitrogens with one attached hydrogen (secondary N) is 1. The van der Waals surface area contributed by atoms with Crippen molar-refractivity contribution in [2.75, 3.05) is 0 Å². The molecule has 1 N–H and O–H groups in total. The average Bonchev–Trinajstić information content (AvgIpc) is 2.87. The first-order chi connectivity index (χ1) is 10.1. The fourth-order valence-electron chi connectivity index (χ4n) is 2.09. The minimum absolute atomic E-state index is 0.108. The number of aryl methyl sites for hydroxylation is 2. The number of nitrogens with zero attached hydrogens (tertiary/aromatic N) is 3. The number of aromatic nitrogens is 3. The number of rotatable bonds is 4. The third kappa shape index (κ3) is 3.08. The molecule has 0 saturated carbocycles. The summed E-state index contributed by atoms with van der Waals surface area (Å²) in [6, 6.07) is 8.52. The largest absolute Gasteiger partial charge is 0.341 e. The number of hydrogen-bond donors (Lipinski definition) is 1. The first-order valence-electron chi connectivity index (χ1n) is 6.35. The van der Waals surface area contributed by atoms with Gasteiger partial charge in [-0.1, -0.05) is 12.1 Å². The lowest BCUT2D eigenvalue weighted by molar-refractivity contribution is -0.384. The van der Waals surface area contributed by atoms with Gasteiger partial charge >= 0.3 is 0 Å². The Labute approximate surface area is 128 Å². The van der Waals surface area contributed by atoms with Gasteiger partial charge in [-0.3, -0.25) is 10.1 Å². The van der Waals surface area contributed by atoms with E-state index in [1.807, 2.05) is 6.07 Å². The van der Waals surface area contributed by atoms with Crippen molar-refractivity contribution in [3.63, 3.8) is 0 Å². The number of aromatic amines is 1. The van der Waals surface area contributed by atoms with Crippen LogP contribution in [0.2, 0.25) is 0 Å². The van der Waals surface area contributed by atoms with Crippen LogP contribution in [-0.4, -0.2) is 19.9 Å². The van der Waals surface area contributed by atoms with E-state index in [1.165, 1.54) is 12.1 Å². The van der Waals surface area contributed by atoms with Crippen LogP contribution in [0.3, 0.4) is 0 Å². The van der Waals surface area contributed by atoms with Crippen LogP contribution < -0.4 is 0 Å². The van der Waals surface area contributed by atoms with Gasteiger partial charge in [0.15, 0.2) is 5.65 Å². The molecule has 0 atom stereocenters. The Kier molecular flexibility index (Phi) is 3.66. The summed E-state index contributed by atoms with van der Waals surface area (Å²) in [5.74, 6) is 0.856. The number of nitro benzene ring substituents is 1. The van der Waals surface area contributed by atoms with Gasteiger partial charge in [0.05, 0.1) is 10.4 Å². The van der Waals surface area contributed by atoms with Gasteiger partial charge in [0.2, 0.25) is 0 Å². The molecule has 0 fully saturated rings. The molecule has 1 aromatic carbocycles. The Morgan fingerprint density at radius 1 is 1.24 bits per heavy atom. The van der Waals surface area contributed by atoms with Gasteiger partial charge in [-0.2, -0.15) is 0 Å². The van der Waals surface area contributed by atoms with E-state index < -0.39 is 4.92 Å². The average molecular weight is 347 g/mol. The maximum absolute atomic E-state index is 10.6. The van der Waals surface area contributed by atoms with E-state index >= 15 is 0 Å². The summed E-state index contributed by atoms with van der Waals surface area (Å²) in [4.78, 5) is 22.1. The van der Waals surface area contributed by atoms with Crippen LogP contribution in [0.4, 0.5) is 5.69 Å². The number of halogens is 1. The lowest BCUT2D eigenvalue weighted by atomic mass is 10.1. The summed E-state index contributed by atoms with van der Waals surface area (Å²) >= 11 is 3.37. The van der Waals surface area contributed by atoms with Gasteiger partial charge in [-0.15, -0.1) is 0 Å². The van der Waals surface area contributed by atoms with Crippen LogP contribution in [0, 0.1) is 10.1 Å². The van der Waals surface area contributed by atoms with Crippen molar-refractivity contribution >= 4 is 32.8 Å². The van der Waals surface area contributed by atoms with Crippen molar-refractivity contribution in [3.05, 3.63) is 62.5 Å². The van der Waals surface area contributed by atoms with E-state index in [0.29, 0.717) is 5.65 Å². The zero-order valence-electron chi connectivity index (χ0n) is 10.9. The lowest BCUT2D eigenvalue weighted by Gasteiger charge is -1.99. The highest BCUT2D eigenvalue weighted by Gasteiger charge is 2.07. The van der Waals surface area contributed by atoms with Crippen LogP contribution >= 0.6 is 15.9 Å². The number of hydrogen-bond acceptors (Lipinski definition) is 4. The Morgan fingerprint density at radius 2 is 2.00 bits per heavy atom. The molecule has 6 nitrogen and oxygen atoms in total. The number of nitro groups is 1. The normalized spacial score (nSPS) is 10.9. The molecule has 0 amide bonds. The first kappa shape index (κ1) is 13.7. The second kappa shape index (κ2) is 5.61. The minimum Gasteiger partial charge on any atom is -0.341 e. The highest BCUT2D eigenvalue weighted by Crippen LogP contribution is 2.17. The summed E-state index contributed by atoms with van der Waals surface area (Å²) in [5.41, 5.74) is 2.73. The molecule has 0 aliphatic carbocycles. The van der Waals surface area contributed by atoms with Crippen molar-refractivity contribution in [1.82, 2.24) is 15.0 Å². The van der Waals surface area contributed by atoms with Gasteiger partial charge < -0.3 is 4.98 Å². The monoisotopic (exact) mass is 346 g/mol. The Morgan fingerprint density at radius 3 is 2.71 bits per heavy atom. The predicted molar refractivity (Wildman–Crippen MR) is 82.1 cm³/mol. The Bertz CT molecular complexity index is 798. The molecule has 0 radical (unpaired) electrons. The molecule has 7 heteroatoms. The second-order valence-corrected chi connectivity index (χ2v) is 5.55. The summed E-state index contributed by atoms with van der Waals surface area (Å²) < 4.78 is 0.903. The molecule has 0 aliphatic heterocycles. The zero-order chi connectivity index (χ0) is 14.8. The molecule has 0 aliphatic rings. The molecule has 106 valence electrons. The highest BCUT2D eigenvalue weighted by molar-refractivity contribution is 9.10. The van der Waals surface area contributed by atoms with Crippen LogP contribution in [0.5, 0.6) is 0 Å². The number of imidazole rings is 1. The summed E-state index contributed by atoms with van der Waals surface area (Å²) in [6.45, 7) is 0. The quantitative estimate of drug-likeness (QED) is 0.579. The van der Waals surface area contributed by atoms with Gasteiger partial charge in [0, 0.05) is 29.2 Å². The number of H-pyrrole nitrogens is 1. The minimum atomic E-state index is -0.396. The molecule has 2 heterocycles. The lowest BCUT2D eigenvalue weighted by Crippen LogP contribution is -1.94. The van der Waals surface area contributed by atoms with Gasteiger partial charge in [-0.05, 0) is 34.0 Å². The molecular formula is C14H11BrN4O2. The summed E-state index contributed by atoms with van der Waals surface area (Å²) in [6.07, 6.45) is 3.20. The van der Waals surface area contributed by atoms with Crippen molar-refractivity contribution < 1.29 is 4.92 Å². The van der Waals surface area contributed by atoms with Gasteiger partial charge in [0.25, 0.3) is 5.69 Å². The number of pyridine rings is 1. The van der Waals surface area contributed by atoms with Crippen LogP contribution in [0.15, 0.2) is 41.0 Å². The summed E-state index contributed by atoms with van der Waals surface area (Å²) in [5, 5.41) is 10.6. The molecule has 0 spiro atoms. The standard InChI is InChI=1S/C14H11BrN4O2/c15-10-7-12-14(16-8-10)18-13(17-12)6-3-9-1-4-11(5-2-9)19(20)21/h1-2,4-5,7-8H,3,6H2,(H,16,17,18). The fraction of sp³-hybridized carbons (Fsp3) is 0.143. The molecule has 0 saturated heterocycles. The maximum atomic E-state index is 10.6. The van der Waals surface area contributed by atoms with Crippen molar-refractivity contribution in [2.45, 2.75) is 12.8 Å². The third-order valence-corrected chi connectivity index (χ3v) is 3.58. The van der Waals surface area contributed by atoms with Crippen LogP contribution in [0.25, 0.3) is 11.2 Å². The number of benzene rings is 1. The SMILES string of the molecule is O=[N+]([O-])c1ccc(CCc2nc3ncc(Br)cc3[nH]2)cc1. The van der Waals surface area contributed by atoms with E-state index in [2.05, 4.69) is 30.9 Å². The first-order valence-corrected chi connectivity index (χ1v) is 7.14. The zero-order valence-corrected chi connectivity index (χ0v) is 12.5. The third-order valence-electron chi connectivity index (χ3n) is 3.15. The van der Waals surface area contributed by atoms with Crippen LogP contribution in [0.1, 0.15) is 11.4 Å². The van der Waals surface area contributed by atoms with Crippen molar-refractivity contribution in [1.29, 1.82) is 0 Å². The topological polar surface area (TPSA) is 84.7 Å². The molecule has 0 bridgehead atoms. The molecular weight excluding hydrogens is 336 g/mol. The molecule has 3 rings (SSSR count). The number of non-ortho nitro benzene ring substituents is 1.